The molecule has 13 heavy (non-hydrogen) atoms. The molecule has 0 heterocycles. The van der Waals surface area contributed by atoms with Gasteiger partial charge in [0.2, 0.25) is 5.91 Å². The summed E-state index contributed by atoms with van der Waals surface area (Å²) in [4.78, 5) is 11.1. The first-order chi connectivity index (χ1) is 6.16. The average Bonchev–Trinajstić information content (AvgIpc) is 2.04. The fourth-order valence-electron chi connectivity index (χ4n) is 1.00. The minimum absolute atomic E-state index is 0.106. The largest absolute Gasteiger partial charge is 0.356 e. The molecule has 0 aromatic heterocycles. The predicted octanol–water partition coefficient (Wildman–Crippen LogP) is -0.0311. The van der Waals surface area contributed by atoms with Crippen LogP contribution in [0.4, 0.5) is 0 Å². The minimum Gasteiger partial charge on any atom is -0.356 e. The first kappa shape index (κ1) is 12.4. The maximum Gasteiger partial charge on any atom is 0.219 e. The van der Waals surface area contributed by atoms with Gasteiger partial charge in [-0.3, -0.25) is 4.79 Å². The van der Waals surface area contributed by atoms with Crippen molar-refractivity contribution in [2.75, 3.05) is 13.1 Å². The molecular formula is C9H21N3O. The van der Waals surface area contributed by atoms with Gasteiger partial charge < -0.3 is 16.8 Å². The molecule has 0 spiro atoms. The molecule has 1 amide bonds. The van der Waals surface area contributed by atoms with Gasteiger partial charge >= 0.3 is 0 Å². The van der Waals surface area contributed by atoms with Crippen LogP contribution in [0.25, 0.3) is 0 Å². The molecule has 0 radical (unpaired) electrons. The Morgan fingerprint density at radius 2 is 2.15 bits per heavy atom. The van der Waals surface area contributed by atoms with Crippen LogP contribution in [0.15, 0.2) is 0 Å². The van der Waals surface area contributed by atoms with E-state index in [0.717, 1.165) is 19.3 Å². The number of carbonyl (C=O) groups is 1. The van der Waals surface area contributed by atoms with Crippen molar-refractivity contribution in [1.29, 1.82) is 0 Å². The van der Waals surface area contributed by atoms with Gasteiger partial charge in [0.25, 0.3) is 0 Å². The lowest BCUT2D eigenvalue weighted by Crippen LogP contribution is -2.26. The molecule has 0 rings (SSSR count). The monoisotopic (exact) mass is 187 g/mol. The molecule has 0 aromatic carbocycles. The second-order valence-electron chi connectivity index (χ2n) is 3.36. The fourth-order valence-corrected chi connectivity index (χ4v) is 1.00. The molecule has 5 N–H and O–H groups in total. The van der Waals surface area contributed by atoms with E-state index in [-0.39, 0.29) is 11.9 Å². The number of hydrogen-bond donors (Lipinski definition) is 3. The Labute approximate surface area is 80.0 Å². The van der Waals surface area contributed by atoms with Gasteiger partial charge in [-0.2, -0.15) is 0 Å². The Morgan fingerprint density at radius 1 is 1.46 bits per heavy atom. The lowest BCUT2D eigenvalue weighted by Gasteiger charge is -2.05. The van der Waals surface area contributed by atoms with Crippen LogP contribution in [0.1, 0.15) is 32.6 Å². The summed E-state index contributed by atoms with van der Waals surface area (Å²) >= 11 is 0. The smallest absolute Gasteiger partial charge is 0.219 e. The van der Waals surface area contributed by atoms with E-state index in [9.17, 15) is 4.79 Å². The first-order valence-electron chi connectivity index (χ1n) is 4.89. The van der Waals surface area contributed by atoms with Crippen molar-refractivity contribution in [1.82, 2.24) is 5.32 Å². The SMILES string of the molecule is CC(N)CCCC(=O)NCCCN. The van der Waals surface area contributed by atoms with E-state index < -0.39 is 0 Å². The van der Waals surface area contributed by atoms with E-state index >= 15 is 0 Å². The summed E-state index contributed by atoms with van der Waals surface area (Å²) in [6.07, 6.45) is 3.20. The van der Waals surface area contributed by atoms with E-state index in [4.69, 9.17) is 11.5 Å². The molecule has 0 aliphatic heterocycles. The summed E-state index contributed by atoms with van der Waals surface area (Å²) in [6.45, 7) is 3.26. The zero-order valence-electron chi connectivity index (χ0n) is 8.38. The Hall–Kier alpha value is -0.610. The van der Waals surface area contributed by atoms with E-state index in [1.165, 1.54) is 0 Å². The Morgan fingerprint density at radius 3 is 2.69 bits per heavy atom. The van der Waals surface area contributed by atoms with Gasteiger partial charge in [0.1, 0.15) is 0 Å². The topological polar surface area (TPSA) is 81.1 Å². The van der Waals surface area contributed by atoms with Crippen LogP contribution in [0.2, 0.25) is 0 Å². The third-order valence-corrected chi connectivity index (χ3v) is 1.77. The zero-order valence-corrected chi connectivity index (χ0v) is 8.38. The van der Waals surface area contributed by atoms with Crippen LogP contribution < -0.4 is 16.8 Å². The Bertz CT molecular complexity index is 137. The van der Waals surface area contributed by atoms with Gasteiger partial charge in [-0.15, -0.1) is 0 Å². The molecule has 0 aliphatic carbocycles. The lowest BCUT2D eigenvalue weighted by molar-refractivity contribution is -0.121. The van der Waals surface area contributed by atoms with Crippen LogP contribution in [0, 0.1) is 0 Å². The highest BCUT2D eigenvalue weighted by atomic mass is 16.1. The third kappa shape index (κ3) is 9.30. The molecule has 1 unspecified atom stereocenters. The van der Waals surface area contributed by atoms with Crippen molar-refractivity contribution in [2.45, 2.75) is 38.6 Å². The normalized spacial score (nSPS) is 12.5. The van der Waals surface area contributed by atoms with E-state index in [1.807, 2.05) is 6.92 Å². The molecule has 0 saturated carbocycles. The highest BCUT2D eigenvalue weighted by Crippen LogP contribution is 1.97. The van der Waals surface area contributed by atoms with E-state index in [1.54, 1.807) is 0 Å². The highest BCUT2D eigenvalue weighted by Gasteiger charge is 2.00. The first-order valence-corrected chi connectivity index (χ1v) is 4.89. The molecular weight excluding hydrogens is 166 g/mol. The number of nitrogens with two attached hydrogens (primary N) is 2. The Kier molecular flexibility index (Phi) is 7.63. The third-order valence-electron chi connectivity index (χ3n) is 1.77. The van der Waals surface area contributed by atoms with Gasteiger partial charge in [0, 0.05) is 19.0 Å². The highest BCUT2D eigenvalue weighted by molar-refractivity contribution is 5.75. The van der Waals surface area contributed by atoms with Crippen molar-refractivity contribution >= 4 is 5.91 Å². The molecule has 4 heteroatoms. The summed E-state index contributed by atoms with van der Waals surface area (Å²) in [5.41, 5.74) is 10.8. The van der Waals surface area contributed by atoms with Gasteiger partial charge in [-0.25, -0.2) is 0 Å². The fraction of sp³-hybridized carbons (Fsp3) is 0.889. The quantitative estimate of drug-likeness (QED) is 0.489. The number of carbonyl (C=O) groups excluding carboxylic acids is 1. The number of rotatable bonds is 7. The molecule has 0 saturated heterocycles. The molecule has 0 aromatic rings. The maximum absolute atomic E-state index is 11.1. The van der Waals surface area contributed by atoms with Gasteiger partial charge in [-0.1, -0.05) is 0 Å². The summed E-state index contributed by atoms with van der Waals surface area (Å²) in [5.74, 6) is 0.106. The number of nitrogens with one attached hydrogen (secondary N) is 1. The van der Waals surface area contributed by atoms with Gasteiger partial charge in [-0.05, 0) is 32.7 Å². The summed E-state index contributed by atoms with van der Waals surface area (Å²) in [7, 11) is 0. The molecule has 4 nitrogen and oxygen atoms in total. The van der Waals surface area contributed by atoms with E-state index in [0.29, 0.717) is 19.5 Å². The standard InChI is InChI=1S/C9H21N3O/c1-8(11)4-2-5-9(13)12-7-3-6-10/h8H,2-7,10-11H2,1H3,(H,12,13). The molecule has 0 fully saturated rings. The van der Waals surface area contributed by atoms with E-state index in [2.05, 4.69) is 5.32 Å². The van der Waals surface area contributed by atoms with Crippen LogP contribution in [-0.4, -0.2) is 25.0 Å². The van der Waals surface area contributed by atoms with Gasteiger partial charge in [0.05, 0.1) is 0 Å². The second-order valence-corrected chi connectivity index (χ2v) is 3.36. The van der Waals surface area contributed by atoms with Crippen LogP contribution in [0.5, 0.6) is 0 Å². The average molecular weight is 187 g/mol. The summed E-state index contributed by atoms with van der Waals surface area (Å²) in [5, 5.41) is 2.80. The van der Waals surface area contributed by atoms with Crippen molar-refractivity contribution in [3.05, 3.63) is 0 Å². The summed E-state index contributed by atoms with van der Waals surface area (Å²) in [6, 6.07) is 0.192. The van der Waals surface area contributed by atoms with Crippen LogP contribution in [0.3, 0.4) is 0 Å². The molecule has 1 atom stereocenters. The van der Waals surface area contributed by atoms with Crippen molar-refractivity contribution < 1.29 is 4.79 Å². The summed E-state index contributed by atoms with van der Waals surface area (Å²) < 4.78 is 0. The number of amides is 1. The van der Waals surface area contributed by atoms with Crippen molar-refractivity contribution in [3.8, 4) is 0 Å². The molecule has 0 aliphatic rings. The Balaban J connectivity index is 3.20. The van der Waals surface area contributed by atoms with Gasteiger partial charge in [0.15, 0.2) is 0 Å². The molecule has 0 bridgehead atoms. The minimum atomic E-state index is 0.106. The second kappa shape index (κ2) is 8.01. The van der Waals surface area contributed by atoms with Crippen LogP contribution in [-0.2, 0) is 4.79 Å². The lowest BCUT2D eigenvalue weighted by atomic mass is 10.1. The number of hydrogen-bond acceptors (Lipinski definition) is 3. The maximum atomic E-state index is 11.1. The molecule has 78 valence electrons. The zero-order chi connectivity index (χ0) is 10.1. The van der Waals surface area contributed by atoms with Crippen molar-refractivity contribution in [3.63, 3.8) is 0 Å². The van der Waals surface area contributed by atoms with Crippen LogP contribution >= 0.6 is 0 Å². The van der Waals surface area contributed by atoms with Crippen molar-refractivity contribution in [2.24, 2.45) is 11.5 Å². The predicted molar refractivity (Wildman–Crippen MR) is 54.2 cm³/mol.